The highest BCUT2D eigenvalue weighted by Crippen LogP contribution is 2.24. The third-order valence-electron chi connectivity index (χ3n) is 5.42. The average molecular weight is 527 g/mol. The molecule has 0 spiro atoms. The molecule has 1 N–H and O–H groups in total. The quantitative estimate of drug-likeness (QED) is 0.222. The highest BCUT2D eigenvalue weighted by atomic mass is 35.5. The van der Waals surface area contributed by atoms with Gasteiger partial charge in [0.15, 0.2) is 11.6 Å². The maximum atomic E-state index is 12.8. The maximum Gasteiger partial charge on any atom is 0.271 e. The van der Waals surface area contributed by atoms with Gasteiger partial charge in [-0.3, -0.25) is 14.3 Å². The molecule has 3 rings (SSSR count). The Labute approximate surface area is 217 Å². The topological polar surface area (TPSA) is 115 Å². The van der Waals surface area contributed by atoms with E-state index in [4.69, 9.17) is 21.6 Å². The predicted octanol–water partition coefficient (Wildman–Crippen LogP) is 4.61. The van der Waals surface area contributed by atoms with Crippen molar-refractivity contribution in [3.05, 3.63) is 58.8 Å². The molecule has 190 valence electrons. The molecule has 36 heavy (non-hydrogen) atoms. The number of amides is 1. The SMILES string of the molecule is CC(=O)c1nc(C(=O)N[C@@H](C)Cn2ccc(-c3ccc(C#N)c(Cl)c3)n2)cn1COCC[Si](C)(C)C. The van der Waals surface area contributed by atoms with Gasteiger partial charge in [0.25, 0.3) is 5.91 Å². The molecule has 1 atom stereocenters. The summed E-state index contributed by atoms with van der Waals surface area (Å²) < 4.78 is 9.04. The standard InChI is InChI=1S/C25H31ClN6O3Si/c1-17(14-32-9-8-22(30-32)19-6-7-20(13-27)21(26)12-19)28-25(34)23-15-31(24(29-23)18(2)33)16-35-10-11-36(3,4)5/h6-9,12,15,17H,10-11,14,16H2,1-5H3,(H,28,34)/t17-/m0/s1. The van der Waals surface area contributed by atoms with E-state index in [0.29, 0.717) is 29.4 Å². The molecule has 0 saturated heterocycles. The van der Waals surface area contributed by atoms with Crippen LogP contribution in [-0.2, 0) is 18.0 Å². The maximum absolute atomic E-state index is 12.8. The molecule has 0 aliphatic heterocycles. The summed E-state index contributed by atoms with van der Waals surface area (Å²) in [5.74, 6) is -0.418. The molecule has 0 saturated carbocycles. The number of ether oxygens (including phenoxy) is 1. The minimum absolute atomic E-state index is 0.161. The number of ketones is 1. The third kappa shape index (κ3) is 7.37. The Morgan fingerprint density at radius 1 is 1.28 bits per heavy atom. The van der Waals surface area contributed by atoms with E-state index in [9.17, 15) is 9.59 Å². The van der Waals surface area contributed by atoms with Gasteiger partial charge in [0.05, 0.1) is 22.8 Å². The molecule has 0 aliphatic carbocycles. The summed E-state index contributed by atoms with van der Waals surface area (Å²) in [6.45, 7) is 11.3. The summed E-state index contributed by atoms with van der Waals surface area (Å²) in [7, 11) is -1.22. The summed E-state index contributed by atoms with van der Waals surface area (Å²) in [4.78, 5) is 29.1. The molecule has 0 radical (unpaired) electrons. The van der Waals surface area contributed by atoms with Gasteiger partial charge in [-0.2, -0.15) is 10.4 Å². The molecule has 9 nitrogen and oxygen atoms in total. The Hall–Kier alpha value is -3.26. The van der Waals surface area contributed by atoms with Crippen LogP contribution in [0.3, 0.4) is 0 Å². The number of halogens is 1. The van der Waals surface area contributed by atoms with Crippen LogP contribution in [0.4, 0.5) is 0 Å². The van der Waals surface area contributed by atoms with Gasteiger partial charge in [0, 0.05) is 45.6 Å². The Morgan fingerprint density at radius 2 is 2.03 bits per heavy atom. The second kappa shape index (κ2) is 11.6. The molecule has 2 heterocycles. The van der Waals surface area contributed by atoms with Crippen LogP contribution >= 0.6 is 11.6 Å². The Balaban J connectivity index is 1.61. The van der Waals surface area contributed by atoms with Crippen LogP contribution in [-0.4, -0.2) is 51.7 Å². The van der Waals surface area contributed by atoms with Crippen molar-refractivity contribution in [2.24, 2.45) is 0 Å². The van der Waals surface area contributed by atoms with Crippen molar-refractivity contribution in [2.45, 2.75) is 58.9 Å². The van der Waals surface area contributed by atoms with E-state index in [2.05, 4.69) is 35.0 Å². The van der Waals surface area contributed by atoms with Crippen molar-refractivity contribution in [1.82, 2.24) is 24.6 Å². The number of carbonyl (C=O) groups is 2. The van der Waals surface area contributed by atoms with Gasteiger partial charge in [0.1, 0.15) is 18.5 Å². The Kier molecular flexibility index (Phi) is 8.84. The van der Waals surface area contributed by atoms with Crippen molar-refractivity contribution in [2.75, 3.05) is 6.61 Å². The molecule has 2 aromatic heterocycles. The number of hydrogen-bond donors (Lipinski definition) is 1. The molecule has 0 bridgehead atoms. The molecular weight excluding hydrogens is 496 g/mol. The first-order valence-electron chi connectivity index (χ1n) is 11.7. The highest BCUT2D eigenvalue weighted by Gasteiger charge is 2.19. The summed E-state index contributed by atoms with van der Waals surface area (Å²) >= 11 is 6.13. The van der Waals surface area contributed by atoms with E-state index < -0.39 is 8.07 Å². The lowest BCUT2D eigenvalue weighted by atomic mass is 10.1. The minimum Gasteiger partial charge on any atom is -0.361 e. The van der Waals surface area contributed by atoms with Crippen LogP contribution < -0.4 is 5.32 Å². The zero-order chi connectivity index (χ0) is 26.5. The second-order valence-electron chi connectivity index (χ2n) is 9.93. The number of nitrogens with one attached hydrogen (secondary N) is 1. The number of imidazole rings is 1. The molecule has 1 amide bonds. The summed E-state index contributed by atoms with van der Waals surface area (Å²) in [6.07, 6.45) is 3.36. The van der Waals surface area contributed by atoms with Gasteiger partial charge in [0.2, 0.25) is 0 Å². The molecule has 11 heteroatoms. The lowest BCUT2D eigenvalue weighted by molar-refractivity contribution is 0.0804. The van der Waals surface area contributed by atoms with Gasteiger partial charge in [-0.25, -0.2) is 4.98 Å². The number of carbonyl (C=O) groups excluding carboxylic acids is 2. The van der Waals surface area contributed by atoms with Crippen molar-refractivity contribution in [3.8, 4) is 17.3 Å². The first-order valence-corrected chi connectivity index (χ1v) is 15.8. The van der Waals surface area contributed by atoms with Gasteiger partial charge in [-0.15, -0.1) is 0 Å². The van der Waals surface area contributed by atoms with Crippen LogP contribution in [0, 0.1) is 11.3 Å². The van der Waals surface area contributed by atoms with Crippen molar-refractivity contribution < 1.29 is 14.3 Å². The van der Waals surface area contributed by atoms with E-state index in [-0.39, 0.29) is 36.0 Å². The molecule has 0 unspecified atom stereocenters. The highest BCUT2D eigenvalue weighted by molar-refractivity contribution is 6.76. The average Bonchev–Trinajstić information content (AvgIpc) is 3.43. The largest absolute Gasteiger partial charge is 0.361 e. The number of benzene rings is 1. The number of aromatic nitrogens is 4. The summed E-state index contributed by atoms with van der Waals surface area (Å²) in [5.41, 5.74) is 2.07. The number of nitriles is 1. The van der Waals surface area contributed by atoms with E-state index in [1.54, 1.807) is 33.6 Å². The number of rotatable bonds is 11. The number of Topliss-reactive ketones (excluding diaryl/α,β-unsaturated/α-hetero) is 1. The van der Waals surface area contributed by atoms with Crippen LogP contribution in [0.1, 0.15) is 40.5 Å². The van der Waals surface area contributed by atoms with Crippen LogP contribution in [0.2, 0.25) is 30.7 Å². The van der Waals surface area contributed by atoms with Gasteiger partial charge in [-0.1, -0.05) is 37.3 Å². The zero-order valence-electron chi connectivity index (χ0n) is 21.2. The van der Waals surface area contributed by atoms with Crippen molar-refractivity contribution in [1.29, 1.82) is 5.26 Å². The first kappa shape index (κ1) is 27.3. The van der Waals surface area contributed by atoms with E-state index in [1.807, 2.05) is 25.3 Å². The molecule has 0 aliphatic rings. The van der Waals surface area contributed by atoms with Crippen LogP contribution in [0.25, 0.3) is 11.3 Å². The first-order chi connectivity index (χ1) is 17.0. The monoisotopic (exact) mass is 526 g/mol. The number of hydrogen-bond acceptors (Lipinski definition) is 6. The van der Waals surface area contributed by atoms with Crippen molar-refractivity contribution in [3.63, 3.8) is 0 Å². The zero-order valence-corrected chi connectivity index (χ0v) is 23.0. The fourth-order valence-corrected chi connectivity index (χ4v) is 4.43. The second-order valence-corrected chi connectivity index (χ2v) is 16.0. The molecule has 3 aromatic rings. The fraction of sp³-hybridized carbons (Fsp3) is 0.400. The lowest BCUT2D eigenvalue weighted by Gasteiger charge is -2.15. The molecule has 1 aromatic carbocycles. The van der Waals surface area contributed by atoms with Gasteiger partial charge >= 0.3 is 0 Å². The normalized spacial score (nSPS) is 12.2. The Bertz CT molecular complexity index is 1290. The van der Waals surface area contributed by atoms with Gasteiger partial charge in [-0.05, 0) is 31.2 Å². The minimum atomic E-state index is -1.22. The number of nitrogens with zero attached hydrogens (tertiary/aromatic N) is 5. The molecular formula is C25H31ClN6O3Si. The predicted molar refractivity (Wildman–Crippen MR) is 141 cm³/mol. The molecule has 0 fully saturated rings. The van der Waals surface area contributed by atoms with Crippen LogP contribution in [0.15, 0.2) is 36.7 Å². The van der Waals surface area contributed by atoms with Crippen LogP contribution in [0.5, 0.6) is 0 Å². The third-order valence-corrected chi connectivity index (χ3v) is 7.43. The van der Waals surface area contributed by atoms with E-state index in [1.165, 1.54) is 6.92 Å². The fourth-order valence-electron chi connectivity index (χ4n) is 3.45. The van der Waals surface area contributed by atoms with Crippen molar-refractivity contribution >= 4 is 31.4 Å². The van der Waals surface area contributed by atoms with E-state index >= 15 is 0 Å². The smallest absolute Gasteiger partial charge is 0.271 e. The van der Waals surface area contributed by atoms with Gasteiger partial charge < -0.3 is 14.6 Å². The summed E-state index contributed by atoms with van der Waals surface area (Å²) in [5, 5.41) is 16.9. The summed E-state index contributed by atoms with van der Waals surface area (Å²) in [6, 6.07) is 9.79. The van der Waals surface area contributed by atoms with E-state index in [0.717, 1.165) is 11.6 Å². The lowest BCUT2D eigenvalue weighted by Crippen LogP contribution is -2.36. The Morgan fingerprint density at radius 3 is 2.67 bits per heavy atom.